The van der Waals surface area contributed by atoms with Gasteiger partial charge in [0.15, 0.2) is 0 Å². The molecule has 10 heavy (non-hydrogen) atoms. The van der Waals surface area contributed by atoms with Gasteiger partial charge < -0.3 is 9.53 Å². The molecule has 0 spiro atoms. The minimum atomic E-state index is -0.318. The summed E-state index contributed by atoms with van der Waals surface area (Å²) in [5, 5.41) is 0. The average Bonchev–Trinajstić information content (AvgIpc) is 1.99. The fourth-order valence-electron chi connectivity index (χ4n) is 0.520. The van der Waals surface area contributed by atoms with Crippen molar-refractivity contribution in [2.75, 3.05) is 7.11 Å². The van der Waals surface area contributed by atoms with Gasteiger partial charge in [0, 0.05) is 6.42 Å². The summed E-state index contributed by atoms with van der Waals surface area (Å²) in [5.41, 5.74) is 0. The second-order valence-corrected chi connectivity index (χ2v) is 1.97. The van der Waals surface area contributed by atoms with Crippen LogP contribution in [0.1, 0.15) is 12.8 Å². The van der Waals surface area contributed by atoms with Crippen LogP contribution >= 0.6 is 0 Å². The van der Waals surface area contributed by atoms with Crippen molar-refractivity contribution in [2.24, 2.45) is 0 Å². The normalized spacial score (nSPS) is 8.90. The summed E-state index contributed by atoms with van der Waals surface area (Å²) in [6.07, 6.45) is 1.02. The second kappa shape index (κ2) is 5.03. The van der Waals surface area contributed by atoms with Crippen LogP contribution < -0.4 is 0 Å². The van der Waals surface area contributed by atoms with Crippen LogP contribution in [0.5, 0.6) is 0 Å². The van der Waals surface area contributed by atoms with Gasteiger partial charge in [-0.2, -0.15) is 0 Å². The van der Waals surface area contributed by atoms with Crippen LogP contribution in [0.25, 0.3) is 0 Å². The molecule has 0 aromatic rings. The lowest BCUT2D eigenvalue weighted by atomic mass is 9.98. The number of hydrogen-bond acceptors (Lipinski definition) is 3. The zero-order valence-electron chi connectivity index (χ0n) is 6.35. The molecule has 0 heterocycles. The molecule has 0 saturated carbocycles. The van der Waals surface area contributed by atoms with E-state index in [2.05, 4.69) is 4.74 Å². The fourth-order valence-corrected chi connectivity index (χ4v) is 0.520. The summed E-state index contributed by atoms with van der Waals surface area (Å²) < 4.78 is 4.35. The van der Waals surface area contributed by atoms with E-state index in [0.29, 0.717) is 12.7 Å². The smallest absolute Gasteiger partial charge is 0.305 e. The van der Waals surface area contributed by atoms with Crippen LogP contribution in [-0.4, -0.2) is 26.7 Å². The maximum Gasteiger partial charge on any atom is 0.305 e. The maximum absolute atomic E-state index is 10.6. The van der Waals surface area contributed by atoms with E-state index in [9.17, 15) is 9.59 Å². The highest BCUT2D eigenvalue weighted by molar-refractivity contribution is 6.20. The predicted octanol–water partition coefficient (Wildman–Crippen LogP) is -0.440. The highest BCUT2D eigenvalue weighted by Gasteiger charge is 2.03. The van der Waals surface area contributed by atoms with E-state index in [1.54, 1.807) is 7.85 Å². The van der Waals surface area contributed by atoms with E-state index in [-0.39, 0.29) is 18.2 Å². The molecule has 3 nitrogen and oxygen atoms in total. The summed E-state index contributed by atoms with van der Waals surface area (Å²) in [6, 6.07) is 0. The average molecular weight is 142 g/mol. The molecule has 0 N–H and O–H groups in total. The topological polar surface area (TPSA) is 43.4 Å². The molecule has 0 fully saturated rings. The van der Waals surface area contributed by atoms with Gasteiger partial charge in [0.25, 0.3) is 0 Å². The first kappa shape index (κ1) is 9.20. The van der Waals surface area contributed by atoms with Crippen molar-refractivity contribution in [1.82, 2.24) is 0 Å². The Bertz CT molecular complexity index is 117. The van der Waals surface area contributed by atoms with Gasteiger partial charge in [-0.25, -0.2) is 0 Å². The Morgan fingerprint density at radius 3 is 2.40 bits per heavy atom. The second-order valence-electron chi connectivity index (χ2n) is 1.97. The van der Waals surface area contributed by atoms with Crippen molar-refractivity contribution in [3.63, 3.8) is 0 Å². The molecule has 0 radical (unpaired) electrons. The Kier molecular flexibility index (Phi) is 4.63. The molecule has 0 aliphatic carbocycles. The molecule has 0 aliphatic heterocycles. The van der Waals surface area contributed by atoms with Crippen LogP contribution in [-0.2, 0) is 14.3 Å². The molecule has 4 heteroatoms. The molecular weight excluding hydrogens is 131 g/mol. The van der Waals surface area contributed by atoms with Crippen molar-refractivity contribution in [1.29, 1.82) is 0 Å². The first-order valence-electron chi connectivity index (χ1n) is 3.29. The van der Waals surface area contributed by atoms with Crippen LogP contribution in [0.4, 0.5) is 0 Å². The molecular formula is C6H11BO3. The molecule has 0 amide bonds. The number of carbonyl (C=O) groups excluding carboxylic acids is 2. The number of ether oxygens (including phenoxy) is 1. The Balaban J connectivity index is 3.35. The van der Waals surface area contributed by atoms with Crippen molar-refractivity contribution in [2.45, 2.75) is 19.2 Å². The third-order valence-electron chi connectivity index (χ3n) is 1.23. The van der Waals surface area contributed by atoms with Gasteiger partial charge >= 0.3 is 5.97 Å². The number of hydrogen-bond donors (Lipinski definition) is 0. The number of Topliss-reactive ketones (excluding diaryl/α,β-unsaturated/α-hetero) is 1. The van der Waals surface area contributed by atoms with Crippen molar-refractivity contribution in [3.8, 4) is 0 Å². The molecule has 0 atom stereocenters. The molecule has 0 bridgehead atoms. The van der Waals surface area contributed by atoms with E-state index in [1.165, 1.54) is 7.11 Å². The van der Waals surface area contributed by atoms with Crippen LogP contribution in [0.15, 0.2) is 0 Å². The van der Waals surface area contributed by atoms with Gasteiger partial charge in [-0.1, -0.05) is 0 Å². The molecule has 0 saturated heterocycles. The molecule has 0 rings (SSSR count). The third kappa shape index (κ3) is 4.12. The van der Waals surface area contributed by atoms with Gasteiger partial charge in [0.05, 0.1) is 13.5 Å². The summed E-state index contributed by atoms with van der Waals surface area (Å²) in [7, 11) is 3.10. The Morgan fingerprint density at radius 2 is 2.00 bits per heavy atom. The van der Waals surface area contributed by atoms with Crippen LogP contribution in [0, 0.1) is 0 Å². The molecule has 0 aliphatic rings. The molecule has 0 unspecified atom stereocenters. The monoisotopic (exact) mass is 142 g/mol. The molecule has 56 valence electrons. The number of ketones is 1. The number of esters is 1. The predicted molar refractivity (Wildman–Crippen MR) is 39.6 cm³/mol. The third-order valence-corrected chi connectivity index (χ3v) is 1.23. The molecule has 0 aromatic heterocycles. The lowest BCUT2D eigenvalue weighted by Gasteiger charge is -1.95. The number of rotatable bonds is 4. The Morgan fingerprint density at radius 1 is 1.40 bits per heavy atom. The lowest BCUT2D eigenvalue weighted by Crippen LogP contribution is -2.04. The van der Waals surface area contributed by atoms with E-state index in [0.717, 1.165) is 0 Å². The van der Waals surface area contributed by atoms with E-state index >= 15 is 0 Å². The van der Waals surface area contributed by atoms with Gasteiger partial charge in [-0.05, 0) is 6.32 Å². The standard InChI is InChI=1S/C6H11BO3/c1-10-6(9)3-2-5(8)4-7/h2-4,7H2,1H3. The highest BCUT2D eigenvalue weighted by atomic mass is 16.5. The zero-order chi connectivity index (χ0) is 7.98. The van der Waals surface area contributed by atoms with E-state index in [4.69, 9.17) is 0 Å². The Hall–Kier alpha value is -0.795. The minimum absolute atomic E-state index is 0.102. The van der Waals surface area contributed by atoms with Crippen molar-refractivity contribution in [3.05, 3.63) is 0 Å². The van der Waals surface area contributed by atoms with Gasteiger partial charge in [-0.3, -0.25) is 4.79 Å². The van der Waals surface area contributed by atoms with Gasteiger partial charge in [0.2, 0.25) is 0 Å². The van der Waals surface area contributed by atoms with E-state index < -0.39 is 0 Å². The Labute approximate surface area is 61.2 Å². The lowest BCUT2D eigenvalue weighted by molar-refractivity contribution is -0.141. The minimum Gasteiger partial charge on any atom is -0.469 e. The fraction of sp³-hybridized carbons (Fsp3) is 0.667. The van der Waals surface area contributed by atoms with E-state index in [1.807, 2.05) is 0 Å². The van der Waals surface area contributed by atoms with Crippen molar-refractivity contribution >= 4 is 19.6 Å². The summed E-state index contributed by atoms with van der Waals surface area (Å²) in [6.45, 7) is 0. The zero-order valence-corrected chi connectivity index (χ0v) is 6.35. The van der Waals surface area contributed by atoms with Gasteiger partial charge in [-0.15, -0.1) is 0 Å². The summed E-state index contributed by atoms with van der Waals surface area (Å²) in [4.78, 5) is 21.1. The quantitative estimate of drug-likeness (QED) is 0.394. The summed E-state index contributed by atoms with van der Waals surface area (Å²) in [5.74, 6) is -0.216. The largest absolute Gasteiger partial charge is 0.469 e. The maximum atomic E-state index is 10.6. The van der Waals surface area contributed by atoms with Gasteiger partial charge in [0.1, 0.15) is 13.6 Å². The molecule has 0 aromatic carbocycles. The number of methoxy groups -OCH3 is 1. The van der Waals surface area contributed by atoms with Crippen molar-refractivity contribution < 1.29 is 14.3 Å². The SMILES string of the molecule is BCC(=O)CCC(=O)OC. The first-order valence-corrected chi connectivity index (χ1v) is 3.29. The van der Waals surface area contributed by atoms with Crippen LogP contribution in [0.2, 0.25) is 6.32 Å². The highest BCUT2D eigenvalue weighted by Crippen LogP contribution is 1.94. The number of carbonyl (C=O) groups is 2. The first-order chi connectivity index (χ1) is 4.70. The van der Waals surface area contributed by atoms with Crippen LogP contribution in [0.3, 0.4) is 0 Å². The summed E-state index contributed by atoms with van der Waals surface area (Å²) >= 11 is 0.